The molecule has 1 aromatic heterocycles. The predicted octanol–water partition coefficient (Wildman–Crippen LogP) is 5.44. The highest BCUT2D eigenvalue weighted by atomic mass is 35.5. The second-order valence-electron chi connectivity index (χ2n) is 7.83. The first-order chi connectivity index (χ1) is 14.1. The zero-order valence-corrected chi connectivity index (χ0v) is 17.8. The summed E-state index contributed by atoms with van der Waals surface area (Å²) in [6.45, 7) is 4.80. The van der Waals surface area contributed by atoms with E-state index in [2.05, 4.69) is 35.8 Å². The normalized spacial score (nSPS) is 14.8. The van der Waals surface area contributed by atoms with E-state index in [1.165, 1.54) is 12.8 Å². The molecule has 0 aliphatic heterocycles. The van der Waals surface area contributed by atoms with Gasteiger partial charge in [-0.15, -0.1) is 0 Å². The van der Waals surface area contributed by atoms with E-state index in [9.17, 15) is 0 Å². The molecule has 4 N–H and O–H groups in total. The third-order valence-corrected chi connectivity index (χ3v) is 6.01. The van der Waals surface area contributed by atoms with Crippen molar-refractivity contribution < 1.29 is 0 Å². The van der Waals surface area contributed by atoms with Crippen molar-refractivity contribution in [1.82, 2.24) is 9.97 Å². The van der Waals surface area contributed by atoms with Crippen molar-refractivity contribution in [2.24, 2.45) is 11.7 Å². The minimum absolute atomic E-state index is 0.438. The number of rotatable bonds is 8. The van der Waals surface area contributed by atoms with Crippen LogP contribution in [0.2, 0.25) is 5.02 Å². The van der Waals surface area contributed by atoms with Crippen LogP contribution in [-0.2, 0) is 6.42 Å². The summed E-state index contributed by atoms with van der Waals surface area (Å²) in [5.41, 5.74) is 9.84. The SMILES string of the molecule is CC[C@@H](Nc1nc(Nc2ccc(C)c(Cl)c2)nc2c(CCN)cccc12)C1CC1. The average Bonchev–Trinajstić information content (AvgIpc) is 3.55. The first-order valence-corrected chi connectivity index (χ1v) is 10.8. The van der Waals surface area contributed by atoms with Crippen LogP contribution < -0.4 is 16.4 Å². The zero-order chi connectivity index (χ0) is 20.4. The molecular weight excluding hydrogens is 382 g/mol. The molecular formula is C23H28ClN5. The number of fused-ring (bicyclic) bond motifs is 1. The van der Waals surface area contributed by atoms with Crippen molar-refractivity contribution in [2.75, 3.05) is 17.2 Å². The van der Waals surface area contributed by atoms with Crippen molar-refractivity contribution in [3.8, 4) is 0 Å². The fraction of sp³-hybridized carbons (Fsp3) is 0.391. The molecule has 3 aromatic rings. The van der Waals surface area contributed by atoms with Crippen LogP contribution in [0.15, 0.2) is 36.4 Å². The van der Waals surface area contributed by atoms with Gasteiger partial charge in [-0.25, -0.2) is 4.98 Å². The number of nitrogens with zero attached hydrogens (tertiary/aromatic N) is 2. The third kappa shape index (κ3) is 4.46. The smallest absolute Gasteiger partial charge is 0.229 e. The molecule has 1 heterocycles. The lowest BCUT2D eigenvalue weighted by Crippen LogP contribution is -2.22. The van der Waals surface area contributed by atoms with Gasteiger partial charge in [-0.1, -0.05) is 36.7 Å². The van der Waals surface area contributed by atoms with Gasteiger partial charge in [0.25, 0.3) is 0 Å². The largest absolute Gasteiger partial charge is 0.366 e. The van der Waals surface area contributed by atoms with E-state index in [0.717, 1.165) is 57.3 Å². The molecule has 5 nitrogen and oxygen atoms in total. The summed E-state index contributed by atoms with van der Waals surface area (Å²) in [5.74, 6) is 2.19. The highest BCUT2D eigenvalue weighted by molar-refractivity contribution is 6.31. The monoisotopic (exact) mass is 409 g/mol. The molecule has 0 unspecified atom stereocenters. The Bertz CT molecular complexity index is 1020. The number of aryl methyl sites for hydroxylation is 1. The van der Waals surface area contributed by atoms with Gasteiger partial charge in [0.05, 0.1) is 5.52 Å². The van der Waals surface area contributed by atoms with E-state index >= 15 is 0 Å². The molecule has 1 aliphatic rings. The Labute approximate surface area is 177 Å². The zero-order valence-electron chi connectivity index (χ0n) is 17.0. The molecule has 29 heavy (non-hydrogen) atoms. The molecule has 1 fully saturated rings. The molecule has 1 aliphatic carbocycles. The highest BCUT2D eigenvalue weighted by Crippen LogP contribution is 2.37. The van der Waals surface area contributed by atoms with Crippen LogP contribution in [0.1, 0.15) is 37.3 Å². The van der Waals surface area contributed by atoms with Crippen LogP contribution in [0.5, 0.6) is 0 Å². The van der Waals surface area contributed by atoms with Gasteiger partial charge >= 0.3 is 0 Å². The lowest BCUT2D eigenvalue weighted by molar-refractivity contribution is 0.615. The second kappa shape index (κ2) is 8.56. The summed E-state index contributed by atoms with van der Waals surface area (Å²) in [7, 11) is 0. The lowest BCUT2D eigenvalue weighted by atomic mass is 10.1. The Morgan fingerprint density at radius 3 is 2.72 bits per heavy atom. The molecule has 6 heteroatoms. The Morgan fingerprint density at radius 2 is 2.03 bits per heavy atom. The fourth-order valence-electron chi connectivity index (χ4n) is 3.76. The lowest BCUT2D eigenvalue weighted by Gasteiger charge is -2.20. The third-order valence-electron chi connectivity index (χ3n) is 5.60. The molecule has 1 saturated carbocycles. The van der Waals surface area contributed by atoms with Gasteiger partial charge in [0.1, 0.15) is 5.82 Å². The van der Waals surface area contributed by atoms with Gasteiger partial charge < -0.3 is 16.4 Å². The number of hydrogen-bond acceptors (Lipinski definition) is 5. The van der Waals surface area contributed by atoms with Crippen LogP contribution >= 0.6 is 11.6 Å². The van der Waals surface area contributed by atoms with Crippen molar-refractivity contribution in [3.05, 3.63) is 52.5 Å². The Balaban J connectivity index is 1.76. The predicted molar refractivity (Wildman–Crippen MR) is 122 cm³/mol. The van der Waals surface area contributed by atoms with Gasteiger partial charge in [0, 0.05) is 22.1 Å². The highest BCUT2D eigenvalue weighted by Gasteiger charge is 2.30. The molecule has 0 bridgehead atoms. The maximum Gasteiger partial charge on any atom is 0.229 e. The molecule has 1 atom stereocenters. The Morgan fingerprint density at radius 1 is 1.21 bits per heavy atom. The van der Waals surface area contributed by atoms with E-state index in [1.54, 1.807) is 0 Å². The summed E-state index contributed by atoms with van der Waals surface area (Å²) < 4.78 is 0. The molecule has 0 amide bonds. The average molecular weight is 410 g/mol. The maximum atomic E-state index is 6.30. The number of para-hydroxylation sites is 1. The number of benzene rings is 2. The summed E-state index contributed by atoms with van der Waals surface area (Å²) in [6.07, 6.45) is 4.44. The van der Waals surface area contributed by atoms with Crippen molar-refractivity contribution in [2.45, 2.75) is 45.6 Å². The Kier molecular flexibility index (Phi) is 5.88. The second-order valence-corrected chi connectivity index (χ2v) is 8.24. The summed E-state index contributed by atoms with van der Waals surface area (Å²) in [4.78, 5) is 9.67. The van der Waals surface area contributed by atoms with Gasteiger partial charge in [-0.2, -0.15) is 4.98 Å². The molecule has 0 spiro atoms. The molecule has 4 rings (SSSR count). The van der Waals surface area contributed by atoms with E-state index in [1.807, 2.05) is 25.1 Å². The van der Waals surface area contributed by atoms with Gasteiger partial charge in [-0.3, -0.25) is 0 Å². The van der Waals surface area contributed by atoms with Crippen LogP contribution in [0.4, 0.5) is 17.5 Å². The van der Waals surface area contributed by atoms with E-state index in [4.69, 9.17) is 27.3 Å². The first kappa shape index (κ1) is 19.9. The molecule has 0 radical (unpaired) electrons. The van der Waals surface area contributed by atoms with Crippen molar-refractivity contribution in [1.29, 1.82) is 0 Å². The molecule has 2 aromatic carbocycles. The van der Waals surface area contributed by atoms with E-state index < -0.39 is 0 Å². The number of hydrogen-bond donors (Lipinski definition) is 3. The van der Waals surface area contributed by atoms with E-state index in [-0.39, 0.29) is 0 Å². The fourth-order valence-corrected chi connectivity index (χ4v) is 3.94. The summed E-state index contributed by atoms with van der Waals surface area (Å²) >= 11 is 6.30. The number of aromatic nitrogens is 2. The molecule has 0 saturated heterocycles. The Hall–Kier alpha value is -2.37. The number of anilines is 3. The van der Waals surface area contributed by atoms with Gasteiger partial charge in [0.15, 0.2) is 0 Å². The van der Waals surface area contributed by atoms with Crippen LogP contribution in [-0.4, -0.2) is 22.6 Å². The first-order valence-electron chi connectivity index (χ1n) is 10.4. The van der Waals surface area contributed by atoms with Gasteiger partial charge in [0.2, 0.25) is 5.95 Å². The standard InChI is InChI=1S/C23H28ClN5/c1-3-20(15-8-9-15)27-22-18-6-4-5-16(11-12-25)21(18)28-23(29-22)26-17-10-7-14(2)19(24)13-17/h4-7,10,13,15,20H,3,8-9,11-12,25H2,1-2H3,(H2,26,27,28,29)/t20-/m1/s1. The summed E-state index contributed by atoms with van der Waals surface area (Å²) in [5, 5.41) is 8.80. The van der Waals surface area contributed by atoms with Crippen LogP contribution in [0.3, 0.4) is 0 Å². The summed E-state index contributed by atoms with van der Waals surface area (Å²) in [6, 6.07) is 12.6. The number of halogens is 1. The topological polar surface area (TPSA) is 75.9 Å². The minimum Gasteiger partial charge on any atom is -0.366 e. The minimum atomic E-state index is 0.438. The van der Waals surface area contributed by atoms with E-state index in [0.29, 0.717) is 18.5 Å². The maximum absolute atomic E-state index is 6.30. The van der Waals surface area contributed by atoms with Crippen LogP contribution in [0, 0.1) is 12.8 Å². The van der Waals surface area contributed by atoms with Crippen molar-refractivity contribution in [3.63, 3.8) is 0 Å². The van der Waals surface area contributed by atoms with Crippen LogP contribution in [0.25, 0.3) is 10.9 Å². The number of nitrogens with one attached hydrogen (secondary N) is 2. The quantitative estimate of drug-likeness (QED) is 0.462. The van der Waals surface area contributed by atoms with Gasteiger partial charge in [-0.05, 0) is 74.4 Å². The molecule has 152 valence electrons. The number of nitrogens with two attached hydrogens (primary N) is 1. The van der Waals surface area contributed by atoms with Crippen molar-refractivity contribution >= 4 is 40.0 Å².